The van der Waals surface area contributed by atoms with Crippen molar-refractivity contribution in [3.63, 3.8) is 0 Å². The van der Waals surface area contributed by atoms with Crippen molar-refractivity contribution in [3.05, 3.63) is 71.8 Å². The van der Waals surface area contributed by atoms with Gasteiger partial charge < -0.3 is 26.0 Å². The number of hydrogen-bond donors (Lipinski definition) is 4. The first-order chi connectivity index (χ1) is 18.9. The number of ether oxygens (including phenoxy) is 1. The van der Waals surface area contributed by atoms with E-state index in [-0.39, 0.29) is 30.4 Å². The van der Waals surface area contributed by atoms with Crippen LogP contribution in [0.5, 0.6) is 0 Å². The van der Waals surface area contributed by atoms with Crippen LogP contribution >= 0.6 is 11.8 Å². The van der Waals surface area contributed by atoms with E-state index < -0.39 is 40.8 Å². The number of amides is 4. The van der Waals surface area contributed by atoms with E-state index in [0.29, 0.717) is 0 Å². The molecule has 0 aliphatic heterocycles. The lowest BCUT2D eigenvalue weighted by atomic mass is 10.0. The van der Waals surface area contributed by atoms with Crippen LogP contribution in [0.1, 0.15) is 38.8 Å². The lowest BCUT2D eigenvalue weighted by Gasteiger charge is -2.25. The number of alkyl carbamates (subject to hydrolysis) is 1. The third-order valence-electron chi connectivity index (χ3n) is 5.51. The second-order valence-corrected chi connectivity index (χ2v) is 11.5. The molecular weight excluding hydrogens is 532 g/mol. The molecule has 216 valence electrons. The Bertz CT molecular complexity index is 1150. The van der Waals surface area contributed by atoms with Crippen molar-refractivity contribution in [1.82, 2.24) is 21.3 Å². The molecule has 0 radical (unpaired) electrons. The second-order valence-electron chi connectivity index (χ2n) is 10.1. The van der Waals surface area contributed by atoms with Gasteiger partial charge in [0.1, 0.15) is 22.9 Å². The number of benzene rings is 2. The minimum atomic E-state index is -1.06. The lowest BCUT2D eigenvalue weighted by molar-refractivity contribution is -0.131. The Morgan fingerprint density at radius 1 is 0.775 bits per heavy atom. The molecular formula is C29H38N4O6S. The third kappa shape index (κ3) is 11.9. The maximum Gasteiger partial charge on any atom is 0.407 e. The molecule has 0 fully saturated rings. The molecule has 0 heterocycles. The number of likely N-dealkylation sites (N-methyl/N-ethyl adjacent to an activating group) is 1. The number of thioether (sulfide) groups is 1. The van der Waals surface area contributed by atoms with Crippen molar-refractivity contribution in [2.45, 2.75) is 63.5 Å². The normalized spacial score (nSPS) is 13.2. The highest BCUT2D eigenvalue weighted by molar-refractivity contribution is 8.14. The van der Waals surface area contributed by atoms with E-state index in [1.807, 2.05) is 60.7 Å². The molecule has 0 aromatic heterocycles. The summed E-state index contributed by atoms with van der Waals surface area (Å²) >= 11 is 0.735. The highest BCUT2D eigenvalue weighted by atomic mass is 32.2. The summed E-state index contributed by atoms with van der Waals surface area (Å²) in [6, 6.07) is 16.4. The van der Waals surface area contributed by atoms with Crippen LogP contribution in [0.15, 0.2) is 60.7 Å². The zero-order valence-corrected chi connectivity index (χ0v) is 24.3. The summed E-state index contributed by atoms with van der Waals surface area (Å²) in [5.41, 5.74) is 0.895. The van der Waals surface area contributed by atoms with Crippen LogP contribution in [-0.2, 0) is 36.8 Å². The third-order valence-corrected chi connectivity index (χ3v) is 6.51. The summed E-state index contributed by atoms with van der Waals surface area (Å²) in [6.07, 6.45) is -0.343. The molecule has 3 atom stereocenters. The van der Waals surface area contributed by atoms with Crippen molar-refractivity contribution in [2.24, 2.45) is 0 Å². The van der Waals surface area contributed by atoms with E-state index in [1.165, 1.54) is 14.0 Å². The SMILES string of the molecule is CNC(=O)[C@H](Cc1ccccc1)NC(=O)[C@H](Cc1ccccc1)NC(=O)C(CNC(=O)OC(C)(C)C)SC(C)=O. The van der Waals surface area contributed by atoms with E-state index in [0.717, 1.165) is 22.9 Å². The number of carbonyl (C=O) groups excluding carboxylic acids is 5. The van der Waals surface area contributed by atoms with Crippen LogP contribution in [0.25, 0.3) is 0 Å². The predicted molar refractivity (Wildman–Crippen MR) is 155 cm³/mol. The Labute approximate surface area is 239 Å². The molecule has 2 aromatic rings. The first-order valence-corrected chi connectivity index (χ1v) is 13.8. The van der Waals surface area contributed by atoms with Crippen molar-refractivity contribution >= 4 is 40.7 Å². The molecule has 0 aliphatic rings. The van der Waals surface area contributed by atoms with Gasteiger partial charge in [0.25, 0.3) is 0 Å². The Morgan fingerprint density at radius 3 is 1.70 bits per heavy atom. The molecule has 0 aliphatic carbocycles. The van der Waals surface area contributed by atoms with Gasteiger partial charge in [0.15, 0.2) is 5.12 Å². The second kappa shape index (κ2) is 15.7. The molecule has 4 N–H and O–H groups in total. The zero-order chi connectivity index (χ0) is 29.7. The molecule has 10 nitrogen and oxygen atoms in total. The Morgan fingerprint density at radius 2 is 1.25 bits per heavy atom. The molecule has 2 aromatic carbocycles. The number of nitrogens with one attached hydrogen (secondary N) is 4. The Balaban J connectivity index is 2.23. The summed E-state index contributed by atoms with van der Waals surface area (Å²) in [5, 5.41) is 9.22. The van der Waals surface area contributed by atoms with Crippen molar-refractivity contribution in [1.29, 1.82) is 0 Å². The van der Waals surface area contributed by atoms with Gasteiger partial charge in [-0.3, -0.25) is 19.2 Å². The van der Waals surface area contributed by atoms with Crippen LogP contribution in [0.3, 0.4) is 0 Å². The molecule has 0 saturated carbocycles. The van der Waals surface area contributed by atoms with Crippen LogP contribution in [-0.4, -0.2) is 65.5 Å². The predicted octanol–water partition coefficient (Wildman–Crippen LogP) is 2.36. The van der Waals surface area contributed by atoms with Crippen molar-refractivity contribution < 1.29 is 28.7 Å². The smallest absolute Gasteiger partial charge is 0.407 e. The fourth-order valence-corrected chi connectivity index (χ4v) is 4.45. The van der Waals surface area contributed by atoms with Crippen LogP contribution < -0.4 is 21.3 Å². The van der Waals surface area contributed by atoms with Gasteiger partial charge in [0.05, 0.1) is 0 Å². The first kappa shape index (κ1) is 32.4. The van der Waals surface area contributed by atoms with Gasteiger partial charge >= 0.3 is 6.09 Å². The fraction of sp³-hybridized carbons (Fsp3) is 0.414. The van der Waals surface area contributed by atoms with E-state index in [2.05, 4.69) is 21.3 Å². The van der Waals surface area contributed by atoms with E-state index in [9.17, 15) is 24.0 Å². The standard InChI is InChI=1S/C29H38N4O6S/c1-19(34)40-24(18-31-28(38)39-29(2,3)4)27(37)33-23(17-21-14-10-7-11-15-21)26(36)32-22(25(35)30-5)16-20-12-8-6-9-13-20/h6-15,22-24H,16-18H2,1-5H3,(H,30,35)(H,31,38)(H,32,36)(H,33,37)/t22-,23-,24?/m0/s1. The highest BCUT2D eigenvalue weighted by Crippen LogP contribution is 2.14. The number of hydrogen-bond acceptors (Lipinski definition) is 7. The van der Waals surface area contributed by atoms with E-state index >= 15 is 0 Å². The topological polar surface area (TPSA) is 143 Å². The van der Waals surface area contributed by atoms with Crippen LogP contribution in [0, 0.1) is 0 Å². The fourth-order valence-electron chi connectivity index (χ4n) is 3.71. The average molecular weight is 571 g/mol. The summed E-state index contributed by atoms with van der Waals surface area (Å²) in [5.74, 6) is -1.56. The largest absolute Gasteiger partial charge is 0.444 e. The Hall–Kier alpha value is -3.86. The van der Waals surface area contributed by atoms with Gasteiger partial charge in [-0.2, -0.15) is 0 Å². The highest BCUT2D eigenvalue weighted by Gasteiger charge is 2.30. The van der Waals surface area contributed by atoms with Gasteiger partial charge in [-0.25, -0.2) is 4.79 Å². The maximum absolute atomic E-state index is 13.5. The lowest BCUT2D eigenvalue weighted by Crippen LogP contribution is -2.56. The molecule has 40 heavy (non-hydrogen) atoms. The number of rotatable bonds is 12. The first-order valence-electron chi connectivity index (χ1n) is 12.9. The monoisotopic (exact) mass is 570 g/mol. The van der Waals surface area contributed by atoms with Crippen LogP contribution in [0.2, 0.25) is 0 Å². The molecule has 0 spiro atoms. The van der Waals surface area contributed by atoms with Crippen molar-refractivity contribution in [2.75, 3.05) is 13.6 Å². The molecule has 11 heteroatoms. The van der Waals surface area contributed by atoms with E-state index in [4.69, 9.17) is 4.74 Å². The van der Waals surface area contributed by atoms with Crippen LogP contribution in [0.4, 0.5) is 4.79 Å². The minimum absolute atomic E-state index is 0.140. The van der Waals surface area contributed by atoms with Gasteiger partial charge in [-0.05, 0) is 31.9 Å². The van der Waals surface area contributed by atoms with Gasteiger partial charge in [0, 0.05) is 33.4 Å². The molecule has 1 unspecified atom stereocenters. The van der Waals surface area contributed by atoms with Crippen molar-refractivity contribution in [3.8, 4) is 0 Å². The number of carbonyl (C=O) groups is 5. The van der Waals surface area contributed by atoms with Gasteiger partial charge in [-0.1, -0.05) is 72.4 Å². The average Bonchev–Trinajstić information content (AvgIpc) is 2.89. The summed E-state index contributed by atoms with van der Waals surface area (Å²) in [4.78, 5) is 63.5. The molecule has 2 rings (SSSR count). The summed E-state index contributed by atoms with van der Waals surface area (Å²) in [6.45, 7) is 6.23. The maximum atomic E-state index is 13.5. The van der Waals surface area contributed by atoms with Gasteiger partial charge in [-0.15, -0.1) is 0 Å². The summed E-state index contributed by atoms with van der Waals surface area (Å²) in [7, 11) is 1.48. The zero-order valence-electron chi connectivity index (χ0n) is 23.5. The quantitative estimate of drug-likeness (QED) is 0.307. The molecule has 4 amide bonds. The van der Waals surface area contributed by atoms with Gasteiger partial charge in [0.2, 0.25) is 17.7 Å². The van der Waals surface area contributed by atoms with E-state index in [1.54, 1.807) is 20.8 Å². The Kier molecular flexibility index (Phi) is 12.7. The summed E-state index contributed by atoms with van der Waals surface area (Å²) < 4.78 is 5.22. The molecule has 0 bridgehead atoms. The minimum Gasteiger partial charge on any atom is -0.444 e. The molecule has 0 saturated heterocycles.